The molecule has 1 atom stereocenters. The second-order valence-electron chi connectivity index (χ2n) is 5.12. The number of rotatable bonds is 5. The van der Waals surface area contributed by atoms with Crippen LogP contribution in [0.25, 0.3) is 11.7 Å². The van der Waals surface area contributed by atoms with Crippen LogP contribution >= 0.6 is 0 Å². The maximum absolute atomic E-state index is 5.84. The molecule has 3 rings (SSSR count). The van der Waals surface area contributed by atoms with Crippen LogP contribution in [0.1, 0.15) is 37.4 Å². The first-order valence-corrected chi connectivity index (χ1v) is 7.24. The molecule has 2 aromatic rings. The van der Waals surface area contributed by atoms with E-state index in [2.05, 4.69) is 15.3 Å². The van der Waals surface area contributed by atoms with E-state index in [4.69, 9.17) is 18.5 Å². The predicted molar refractivity (Wildman–Crippen MR) is 72.4 cm³/mol. The van der Waals surface area contributed by atoms with Crippen LogP contribution in [0, 0.1) is 12.8 Å². The van der Waals surface area contributed by atoms with Crippen molar-refractivity contribution < 1.29 is 18.5 Å². The van der Waals surface area contributed by atoms with Gasteiger partial charge in [-0.05, 0) is 32.6 Å². The molecule has 0 aliphatic carbocycles. The van der Waals surface area contributed by atoms with Gasteiger partial charge in [-0.1, -0.05) is 10.3 Å². The maximum atomic E-state index is 5.84. The average molecular weight is 293 g/mol. The number of aromatic nitrogens is 3. The van der Waals surface area contributed by atoms with Crippen LogP contribution in [-0.4, -0.2) is 35.1 Å². The number of hydrogen-bond donors (Lipinski definition) is 0. The van der Waals surface area contributed by atoms with Gasteiger partial charge in [-0.2, -0.15) is 4.98 Å². The highest BCUT2D eigenvalue weighted by Crippen LogP contribution is 2.32. The maximum Gasteiger partial charge on any atom is 0.296 e. The molecule has 21 heavy (non-hydrogen) atoms. The summed E-state index contributed by atoms with van der Waals surface area (Å²) in [7, 11) is 0. The lowest BCUT2D eigenvalue weighted by Crippen LogP contribution is -2.24. The molecule has 0 spiro atoms. The summed E-state index contributed by atoms with van der Waals surface area (Å²) in [6.45, 7) is 5.91. The van der Waals surface area contributed by atoms with E-state index in [-0.39, 0.29) is 6.10 Å². The van der Waals surface area contributed by atoms with Gasteiger partial charge in [0.2, 0.25) is 11.6 Å². The molecule has 1 fully saturated rings. The van der Waals surface area contributed by atoms with Crippen LogP contribution in [0.3, 0.4) is 0 Å². The monoisotopic (exact) mass is 293 g/mol. The van der Waals surface area contributed by atoms with Crippen molar-refractivity contribution in [3.05, 3.63) is 17.6 Å². The minimum atomic E-state index is -0.166. The summed E-state index contributed by atoms with van der Waals surface area (Å²) in [4.78, 5) is 4.41. The van der Waals surface area contributed by atoms with Crippen molar-refractivity contribution in [3.63, 3.8) is 0 Å². The van der Waals surface area contributed by atoms with E-state index in [9.17, 15) is 0 Å². The largest absolute Gasteiger partial charge is 0.381 e. The molecule has 1 aliphatic heterocycles. The van der Waals surface area contributed by atoms with Crippen LogP contribution < -0.4 is 0 Å². The fraction of sp³-hybridized carbons (Fsp3) is 0.643. The summed E-state index contributed by atoms with van der Waals surface area (Å²) in [6, 6.07) is 1.77. The number of nitrogens with zero attached hydrogens (tertiary/aromatic N) is 3. The van der Waals surface area contributed by atoms with Crippen molar-refractivity contribution in [1.29, 1.82) is 0 Å². The molecular weight excluding hydrogens is 274 g/mol. The molecule has 0 radical (unpaired) electrons. The first-order chi connectivity index (χ1) is 10.3. The van der Waals surface area contributed by atoms with E-state index in [1.165, 1.54) is 0 Å². The first-order valence-electron chi connectivity index (χ1n) is 7.24. The third-order valence-corrected chi connectivity index (χ3v) is 3.58. The van der Waals surface area contributed by atoms with Crippen LogP contribution in [0.2, 0.25) is 0 Å². The van der Waals surface area contributed by atoms with Gasteiger partial charge in [-0.15, -0.1) is 0 Å². The van der Waals surface area contributed by atoms with Gasteiger partial charge < -0.3 is 18.5 Å². The highest BCUT2D eigenvalue weighted by molar-refractivity contribution is 5.43. The lowest BCUT2D eigenvalue weighted by molar-refractivity contribution is -0.0362. The van der Waals surface area contributed by atoms with Gasteiger partial charge in [-0.25, -0.2) is 0 Å². The molecular formula is C14H19N3O4. The molecule has 3 heterocycles. The second-order valence-corrected chi connectivity index (χ2v) is 5.12. The average Bonchev–Trinajstić information content (AvgIpc) is 3.14. The fourth-order valence-electron chi connectivity index (χ4n) is 2.53. The Hall–Kier alpha value is -1.73. The Morgan fingerprint density at radius 3 is 2.76 bits per heavy atom. The van der Waals surface area contributed by atoms with Crippen molar-refractivity contribution >= 4 is 0 Å². The molecule has 2 aromatic heterocycles. The molecule has 0 bridgehead atoms. The standard InChI is InChI=1S/C14H19N3O4/c1-3-19-12(10-4-6-18-7-5-10)13-15-14(21-17-13)11-8-9(2)16-20-11/h8,10,12H,3-7H2,1-2H3/t12-/m0/s1. The van der Waals surface area contributed by atoms with E-state index in [0.29, 0.717) is 30.0 Å². The van der Waals surface area contributed by atoms with Gasteiger partial charge in [0.25, 0.3) is 5.89 Å². The van der Waals surface area contributed by atoms with Gasteiger partial charge in [0.15, 0.2) is 0 Å². The Bertz CT molecular complexity index is 574. The van der Waals surface area contributed by atoms with Gasteiger partial charge in [0, 0.05) is 25.9 Å². The van der Waals surface area contributed by atoms with Crippen LogP contribution in [0.5, 0.6) is 0 Å². The van der Waals surface area contributed by atoms with Crippen LogP contribution in [-0.2, 0) is 9.47 Å². The van der Waals surface area contributed by atoms with Crippen LogP contribution in [0.4, 0.5) is 0 Å². The quantitative estimate of drug-likeness (QED) is 0.837. The summed E-state index contributed by atoms with van der Waals surface area (Å²) in [5.74, 6) is 1.73. The summed E-state index contributed by atoms with van der Waals surface area (Å²) in [6.07, 6.45) is 1.71. The summed E-state index contributed by atoms with van der Waals surface area (Å²) in [5, 5.41) is 7.88. The first kappa shape index (κ1) is 14.2. The zero-order chi connectivity index (χ0) is 14.7. The normalized spacial score (nSPS) is 18.0. The summed E-state index contributed by atoms with van der Waals surface area (Å²) < 4.78 is 21.7. The van der Waals surface area contributed by atoms with Crippen molar-refractivity contribution in [3.8, 4) is 11.7 Å². The molecule has 0 saturated carbocycles. The summed E-state index contributed by atoms with van der Waals surface area (Å²) >= 11 is 0. The van der Waals surface area contributed by atoms with Crippen molar-refractivity contribution in [2.24, 2.45) is 5.92 Å². The minimum Gasteiger partial charge on any atom is -0.381 e. The molecule has 7 heteroatoms. The molecule has 0 N–H and O–H groups in total. The van der Waals surface area contributed by atoms with Gasteiger partial charge in [-0.3, -0.25) is 0 Å². The zero-order valence-electron chi connectivity index (χ0n) is 12.2. The zero-order valence-corrected chi connectivity index (χ0v) is 12.2. The van der Waals surface area contributed by atoms with E-state index in [0.717, 1.165) is 31.7 Å². The Balaban J connectivity index is 1.81. The minimum absolute atomic E-state index is 0.166. The second kappa shape index (κ2) is 6.36. The topological polar surface area (TPSA) is 83.4 Å². The lowest BCUT2D eigenvalue weighted by Gasteiger charge is -2.27. The Morgan fingerprint density at radius 2 is 2.10 bits per heavy atom. The molecule has 0 aromatic carbocycles. The third kappa shape index (κ3) is 3.14. The van der Waals surface area contributed by atoms with Crippen molar-refractivity contribution in [1.82, 2.24) is 15.3 Å². The molecule has 1 aliphatic rings. The smallest absolute Gasteiger partial charge is 0.296 e. The predicted octanol–water partition coefficient (Wildman–Crippen LogP) is 2.54. The van der Waals surface area contributed by atoms with Crippen molar-refractivity contribution in [2.75, 3.05) is 19.8 Å². The Morgan fingerprint density at radius 1 is 1.29 bits per heavy atom. The van der Waals surface area contributed by atoms with E-state index in [1.54, 1.807) is 6.07 Å². The highest BCUT2D eigenvalue weighted by Gasteiger charge is 2.30. The summed E-state index contributed by atoms with van der Waals surface area (Å²) in [5.41, 5.74) is 0.774. The highest BCUT2D eigenvalue weighted by atomic mass is 16.5. The number of ether oxygens (including phenoxy) is 2. The van der Waals surface area contributed by atoms with Crippen LogP contribution in [0.15, 0.2) is 15.1 Å². The third-order valence-electron chi connectivity index (χ3n) is 3.58. The molecule has 0 unspecified atom stereocenters. The van der Waals surface area contributed by atoms with Gasteiger partial charge in [0.05, 0.1) is 5.69 Å². The van der Waals surface area contributed by atoms with E-state index >= 15 is 0 Å². The molecule has 7 nitrogen and oxygen atoms in total. The molecule has 1 saturated heterocycles. The van der Waals surface area contributed by atoms with Gasteiger partial charge >= 0.3 is 0 Å². The Kier molecular flexibility index (Phi) is 4.31. The number of hydrogen-bond acceptors (Lipinski definition) is 7. The van der Waals surface area contributed by atoms with Gasteiger partial charge in [0.1, 0.15) is 6.10 Å². The van der Waals surface area contributed by atoms with E-state index in [1.807, 2.05) is 13.8 Å². The molecule has 114 valence electrons. The Labute approximate surface area is 122 Å². The molecule has 0 amide bonds. The number of aryl methyl sites for hydroxylation is 1. The van der Waals surface area contributed by atoms with Crippen molar-refractivity contribution in [2.45, 2.75) is 32.8 Å². The SMILES string of the molecule is CCO[C@H](c1noc(-c2cc(C)no2)n1)C1CCOCC1. The lowest BCUT2D eigenvalue weighted by atomic mass is 9.93. The van der Waals surface area contributed by atoms with E-state index < -0.39 is 0 Å². The fourth-order valence-corrected chi connectivity index (χ4v) is 2.53.